The number of halogens is 1. The average molecular weight is 677 g/mol. The van der Waals surface area contributed by atoms with Gasteiger partial charge in [-0.15, -0.1) is 0 Å². The van der Waals surface area contributed by atoms with Crippen LogP contribution in [0.25, 0.3) is 11.3 Å². The van der Waals surface area contributed by atoms with Gasteiger partial charge in [-0.1, -0.05) is 18.2 Å². The Balaban J connectivity index is 0.00000462. The first-order valence-electron chi connectivity index (χ1n) is 13.5. The summed E-state index contributed by atoms with van der Waals surface area (Å²) in [5.74, 6) is -0.411. The lowest BCUT2D eigenvalue weighted by atomic mass is 10.0. The molecule has 0 bridgehead atoms. The highest BCUT2D eigenvalue weighted by Crippen LogP contribution is 2.36. The van der Waals surface area contributed by atoms with Crippen LogP contribution in [0.5, 0.6) is 0 Å². The number of alkyl carbamates (subject to hydrolysis) is 2. The van der Waals surface area contributed by atoms with Crippen LogP contribution in [0.4, 0.5) is 9.59 Å². The van der Waals surface area contributed by atoms with Crippen LogP contribution in [0.15, 0.2) is 54.9 Å². The fraction of sp³-hybridized carbons (Fsp3) is 0.400. The highest BCUT2D eigenvalue weighted by Gasteiger charge is 2.29. The zero-order chi connectivity index (χ0) is 28.6. The molecule has 2 aromatic heterocycles. The molecule has 3 heterocycles. The van der Waals surface area contributed by atoms with Crippen molar-refractivity contribution in [2.24, 2.45) is 0 Å². The minimum atomic E-state index is -0.521. The van der Waals surface area contributed by atoms with Gasteiger partial charge in [0.2, 0.25) is 0 Å². The van der Waals surface area contributed by atoms with Crippen LogP contribution in [0.1, 0.15) is 61.3 Å². The first kappa shape index (κ1) is 31.9. The average Bonchev–Trinajstić information content (AvgIpc) is 3.50. The summed E-state index contributed by atoms with van der Waals surface area (Å²) in [5, 5.41) is 5.49. The van der Waals surface area contributed by atoms with E-state index in [2.05, 4.69) is 15.2 Å². The lowest BCUT2D eigenvalue weighted by Gasteiger charge is -2.14. The van der Waals surface area contributed by atoms with Crippen molar-refractivity contribution in [3.05, 3.63) is 77.2 Å². The second kappa shape index (κ2) is 14.9. The van der Waals surface area contributed by atoms with E-state index in [0.717, 1.165) is 47.5 Å². The predicted molar refractivity (Wildman–Crippen MR) is 147 cm³/mol. The van der Waals surface area contributed by atoms with Gasteiger partial charge in [-0.05, 0) is 58.7 Å². The number of pyridine rings is 1. The molecule has 0 saturated heterocycles. The molecule has 41 heavy (non-hydrogen) atoms. The van der Waals surface area contributed by atoms with E-state index in [0.29, 0.717) is 5.56 Å². The van der Waals surface area contributed by atoms with Crippen molar-refractivity contribution in [3.8, 4) is 11.3 Å². The smallest absolute Gasteiger partial charge is 0.407 e. The van der Waals surface area contributed by atoms with E-state index >= 15 is 0 Å². The van der Waals surface area contributed by atoms with E-state index in [1.54, 1.807) is 28.8 Å². The Morgan fingerprint density at radius 1 is 0.878 bits per heavy atom. The van der Waals surface area contributed by atoms with Crippen molar-refractivity contribution in [1.29, 1.82) is 0 Å². The molecule has 0 fully saturated rings. The van der Waals surface area contributed by atoms with Crippen LogP contribution in [0.3, 0.4) is 0 Å². The molecule has 0 radical (unpaired) electrons. The molecule has 0 atom stereocenters. The summed E-state index contributed by atoms with van der Waals surface area (Å²) < 4.78 is 20.7. The van der Waals surface area contributed by atoms with Gasteiger partial charge >= 0.3 is 18.2 Å². The molecule has 10 nitrogen and oxygen atoms in total. The number of nitrogens with one attached hydrogen (secondary N) is 2. The number of hydrogen-bond donors (Lipinski definition) is 2. The quantitative estimate of drug-likeness (QED) is 0.146. The topological polar surface area (TPSA) is 112 Å². The zero-order valence-electron chi connectivity index (χ0n) is 23.8. The van der Waals surface area contributed by atoms with E-state index in [1.807, 2.05) is 58.3 Å². The third-order valence-corrected chi connectivity index (χ3v) is 6.38. The van der Waals surface area contributed by atoms with Gasteiger partial charge in [-0.3, -0.25) is 0 Å². The number of fused-ring (bicyclic) bond motifs is 1. The Kier molecular flexibility index (Phi) is 11.6. The van der Waals surface area contributed by atoms with E-state index in [1.165, 1.54) is 0 Å². The molecule has 11 heteroatoms. The third-order valence-electron chi connectivity index (χ3n) is 6.38. The Bertz CT molecular complexity index is 1360. The number of carbonyl (C=O) groups is 3. The number of aromatic nitrogens is 2. The summed E-state index contributed by atoms with van der Waals surface area (Å²) in [6, 6.07) is 12.6. The highest BCUT2D eigenvalue weighted by molar-refractivity contribution is 5.89. The van der Waals surface area contributed by atoms with Gasteiger partial charge in [0, 0.05) is 41.5 Å². The molecule has 0 spiro atoms. The van der Waals surface area contributed by atoms with Crippen molar-refractivity contribution in [2.45, 2.75) is 79.1 Å². The molecule has 0 unspecified atom stereocenters. The van der Waals surface area contributed by atoms with Gasteiger partial charge in [0.15, 0.2) is 12.4 Å². The number of esters is 1. The lowest BCUT2D eigenvalue weighted by Crippen LogP contribution is -3.00. The van der Waals surface area contributed by atoms with Gasteiger partial charge < -0.3 is 53.4 Å². The van der Waals surface area contributed by atoms with Crippen molar-refractivity contribution in [2.75, 3.05) is 0 Å². The van der Waals surface area contributed by atoms with Crippen LogP contribution in [-0.4, -0.2) is 34.8 Å². The Morgan fingerprint density at radius 3 is 2.15 bits per heavy atom. The molecule has 0 aliphatic carbocycles. The number of rotatable bonds is 10. The van der Waals surface area contributed by atoms with E-state index in [4.69, 9.17) is 14.2 Å². The van der Waals surface area contributed by atoms with Gasteiger partial charge in [0.1, 0.15) is 13.2 Å². The molecule has 4 rings (SSSR count). The zero-order valence-corrected chi connectivity index (χ0v) is 26.0. The Morgan fingerprint density at radius 2 is 1.51 bits per heavy atom. The van der Waals surface area contributed by atoms with E-state index in [9.17, 15) is 14.4 Å². The molecule has 2 amide bonds. The molecule has 1 aliphatic heterocycles. The second-order valence-electron chi connectivity index (χ2n) is 10.3. The largest absolute Gasteiger partial charge is 1.00 e. The Labute approximate surface area is 257 Å². The molecule has 1 aliphatic rings. The Hall–Kier alpha value is -3.61. The fourth-order valence-electron chi connectivity index (χ4n) is 4.73. The van der Waals surface area contributed by atoms with Crippen molar-refractivity contribution >= 4 is 18.2 Å². The van der Waals surface area contributed by atoms with Crippen LogP contribution in [0, 0.1) is 0 Å². The second-order valence-corrected chi connectivity index (χ2v) is 10.3. The number of carbonyl (C=O) groups excluding carboxylic acids is 3. The highest BCUT2D eigenvalue weighted by atomic mass is 127. The van der Waals surface area contributed by atoms with Crippen molar-refractivity contribution in [1.82, 2.24) is 15.2 Å². The monoisotopic (exact) mass is 676 g/mol. The minimum absolute atomic E-state index is 0. The third kappa shape index (κ3) is 8.44. The van der Waals surface area contributed by atoms with Crippen LogP contribution < -0.4 is 39.2 Å². The maximum atomic E-state index is 12.5. The number of ether oxygens (including phenoxy) is 3. The van der Waals surface area contributed by atoms with Crippen molar-refractivity contribution < 1.29 is 57.1 Å². The fourth-order valence-corrected chi connectivity index (χ4v) is 4.73. The summed E-state index contributed by atoms with van der Waals surface area (Å²) in [4.78, 5) is 37.1. The molecule has 220 valence electrons. The summed E-state index contributed by atoms with van der Waals surface area (Å²) in [6.07, 6.45) is 4.46. The summed E-state index contributed by atoms with van der Waals surface area (Å²) in [5.41, 5.74) is 4.91. The normalized spacial score (nSPS) is 12.0. The number of amides is 2. The molecule has 1 aromatic carbocycles. The maximum Gasteiger partial charge on any atom is 0.407 e. The molecular weight excluding hydrogens is 639 g/mol. The van der Waals surface area contributed by atoms with Gasteiger partial charge in [-0.25, -0.2) is 14.4 Å². The first-order chi connectivity index (χ1) is 19.2. The van der Waals surface area contributed by atoms with Gasteiger partial charge in [0.25, 0.3) is 6.73 Å². The summed E-state index contributed by atoms with van der Waals surface area (Å²) >= 11 is 0. The SMILES string of the molecule is CC(C)NC(=O)OCc1c(COC(=O)NC(C)C)c(-c2ccc[n+](COC(=O)c3ccccc3)c2)n2c1CCC2.[I-]. The molecule has 3 aromatic rings. The summed E-state index contributed by atoms with van der Waals surface area (Å²) in [6.45, 7) is 8.33. The number of hydrogen-bond acceptors (Lipinski definition) is 6. The minimum Gasteiger partial charge on any atom is -1.00 e. The predicted octanol–water partition coefficient (Wildman–Crippen LogP) is 1.48. The molecule has 0 saturated carbocycles. The molecular formula is C30H37IN4O6. The van der Waals surface area contributed by atoms with Crippen LogP contribution in [-0.2, 0) is 47.1 Å². The van der Waals surface area contributed by atoms with Gasteiger partial charge in [-0.2, -0.15) is 4.57 Å². The molecule has 2 N–H and O–H groups in total. The maximum absolute atomic E-state index is 12.5. The number of benzene rings is 1. The first-order valence-corrected chi connectivity index (χ1v) is 13.5. The number of nitrogens with zero attached hydrogens (tertiary/aromatic N) is 2. The van der Waals surface area contributed by atoms with Crippen LogP contribution in [0.2, 0.25) is 0 Å². The van der Waals surface area contributed by atoms with Crippen LogP contribution >= 0.6 is 0 Å². The van der Waals surface area contributed by atoms with E-state index in [-0.39, 0.29) is 56.0 Å². The van der Waals surface area contributed by atoms with Crippen molar-refractivity contribution in [3.63, 3.8) is 0 Å². The standard InChI is InChI=1S/C30H36N4O6.HI/c1-20(2)31-29(36)38-17-24-25(18-39-30(37)32-21(3)4)27(34-15-9-13-26(24)34)23-12-8-14-33(16-23)19-40-28(35)22-10-6-5-7-11-22;/h5-8,10-12,14,16,20-21H,9,13,15,17-19H2,1-4H3,(H-,31,32,36,37);1H. The van der Waals surface area contributed by atoms with Gasteiger partial charge in [0.05, 0.1) is 16.8 Å². The van der Waals surface area contributed by atoms with E-state index < -0.39 is 18.2 Å². The summed E-state index contributed by atoms with van der Waals surface area (Å²) in [7, 11) is 0. The lowest BCUT2D eigenvalue weighted by molar-refractivity contribution is -0.726.